The van der Waals surface area contributed by atoms with E-state index in [9.17, 15) is 9.59 Å². The third kappa shape index (κ3) is 5.23. The summed E-state index contributed by atoms with van der Waals surface area (Å²) in [4.78, 5) is 23.9. The fraction of sp³-hybridized carbons (Fsp3) is 0.182. The number of hydrogen-bond donors (Lipinski definition) is 1. The Hall–Kier alpha value is -3.54. The molecule has 0 heterocycles. The zero-order valence-electron chi connectivity index (χ0n) is 15.5. The van der Waals surface area contributed by atoms with Crippen molar-refractivity contribution in [1.82, 2.24) is 0 Å². The van der Waals surface area contributed by atoms with Crippen LogP contribution in [0.2, 0.25) is 0 Å². The number of carbonyl (C=O) groups is 2. The Morgan fingerprint density at radius 3 is 2.25 bits per heavy atom. The molecule has 0 aromatic heterocycles. The van der Waals surface area contributed by atoms with Gasteiger partial charge in [0.1, 0.15) is 11.5 Å². The van der Waals surface area contributed by atoms with E-state index in [1.807, 2.05) is 43.3 Å². The van der Waals surface area contributed by atoms with Crippen LogP contribution in [0.3, 0.4) is 0 Å². The number of carbonyl (C=O) groups excluding carboxylic acids is 2. The van der Waals surface area contributed by atoms with Crippen LogP contribution in [0.15, 0.2) is 66.7 Å². The summed E-state index contributed by atoms with van der Waals surface area (Å²) in [6.07, 6.45) is 0. The average molecular weight is 379 g/mol. The smallest absolute Gasteiger partial charge is 0.344 e. The van der Waals surface area contributed by atoms with Gasteiger partial charge in [-0.2, -0.15) is 0 Å². The molecular weight excluding hydrogens is 358 g/mol. The Labute approximate surface area is 163 Å². The molecule has 0 radical (unpaired) electrons. The lowest BCUT2D eigenvalue weighted by molar-refractivity contribution is -0.149. The standard InChI is InChI=1S/C22H21NO5/c1-2-26-17-10-12-18(13-11-17)27-15-22(25)28-14-21(24)23-20-9-5-7-16-6-3-4-8-19(16)20/h3-13H,2,14-15H2,1H3,(H,23,24). The number of hydrogen-bond acceptors (Lipinski definition) is 5. The van der Waals surface area contributed by atoms with Crippen molar-refractivity contribution in [1.29, 1.82) is 0 Å². The molecule has 3 aromatic carbocycles. The number of benzene rings is 3. The number of esters is 1. The molecule has 6 nitrogen and oxygen atoms in total. The molecule has 144 valence electrons. The highest BCUT2D eigenvalue weighted by Gasteiger charge is 2.10. The summed E-state index contributed by atoms with van der Waals surface area (Å²) in [6, 6.07) is 20.2. The molecule has 0 aliphatic rings. The van der Waals surface area contributed by atoms with Crippen molar-refractivity contribution < 1.29 is 23.8 Å². The second-order valence-corrected chi connectivity index (χ2v) is 5.93. The van der Waals surface area contributed by atoms with Gasteiger partial charge in [0.05, 0.1) is 6.61 Å². The van der Waals surface area contributed by atoms with Crippen LogP contribution in [0, 0.1) is 0 Å². The van der Waals surface area contributed by atoms with E-state index in [2.05, 4.69) is 5.32 Å². The Morgan fingerprint density at radius 1 is 0.821 bits per heavy atom. The molecule has 0 aliphatic heterocycles. The van der Waals surface area contributed by atoms with Crippen LogP contribution >= 0.6 is 0 Å². The molecule has 0 saturated carbocycles. The predicted molar refractivity (Wildman–Crippen MR) is 107 cm³/mol. The number of rotatable bonds is 8. The highest BCUT2D eigenvalue weighted by Crippen LogP contribution is 2.22. The number of fused-ring (bicyclic) bond motifs is 1. The number of amides is 1. The van der Waals surface area contributed by atoms with Crippen molar-refractivity contribution in [2.75, 3.05) is 25.1 Å². The van der Waals surface area contributed by atoms with Crippen molar-refractivity contribution in [3.05, 3.63) is 66.7 Å². The number of nitrogens with one attached hydrogen (secondary N) is 1. The van der Waals surface area contributed by atoms with Gasteiger partial charge in [-0.05, 0) is 42.6 Å². The van der Waals surface area contributed by atoms with E-state index >= 15 is 0 Å². The normalized spacial score (nSPS) is 10.3. The van der Waals surface area contributed by atoms with Gasteiger partial charge in [-0.1, -0.05) is 36.4 Å². The number of ether oxygens (including phenoxy) is 3. The van der Waals surface area contributed by atoms with Gasteiger partial charge < -0.3 is 19.5 Å². The molecule has 0 aliphatic carbocycles. The maximum absolute atomic E-state index is 12.1. The fourth-order valence-electron chi connectivity index (χ4n) is 2.65. The summed E-state index contributed by atoms with van der Waals surface area (Å²) < 4.78 is 15.7. The van der Waals surface area contributed by atoms with Gasteiger partial charge in [-0.15, -0.1) is 0 Å². The lowest BCUT2D eigenvalue weighted by Gasteiger charge is -2.10. The van der Waals surface area contributed by atoms with Crippen LogP contribution in [0.4, 0.5) is 5.69 Å². The third-order valence-electron chi connectivity index (χ3n) is 3.92. The van der Waals surface area contributed by atoms with E-state index < -0.39 is 11.9 Å². The van der Waals surface area contributed by atoms with Crippen LogP contribution in [0.5, 0.6) is 11.5 Å². The molecule has 0 atom stereocenters. The minimum atomic E-state index is -0.623. The SMILES string of the molecule is CCOc1ccc(OCC(=O)OCC(=O)Nc2cccc3ccccc23)cc1. The maximum atomic E-state index is 12.1. The molecular formula is C22H21NO5. The minimum absolute atomic E-state index is 0.282. The Kier molecular flexibility index (Phi) is 6.46. The molecule has 0 unspecified atom stereocenters. The summed E-state index contributed by atoms with van der Waals surface area (Å²) in [5.41, 5.74) is 0.671. The van der Waals surface area contributed by atoms with Gasteiger partial charge >= 0.3 is 5.97 Å². The van der Waals surface area contributed by atoms with E-state index in [1.54, 1.807) is 30.3 Å². The summed E-state index contributed by atoms with van der Waals surface area (Å²) in [5.74, 6) is 0.205. The molecule has 28 heavy (non-hydrogen) atoms. The van der Waals surface area contributed by atoms with Gasteiger partial charge in [-0.25, -0.2) is 4.79 Å². The molecule has 6 heteroatoms. The Balaban J connectivity index is 1.45. The first-order valence-corrected chi connectivity index (χ1v) is 8.94. The van der Waals surface area contributed by atoms with Crippen LogP contribution < -0.4 is 14.8 Å². The van der Waals surface area contributed by atoms with Crippen LogP contribution in [0.1, 0.15) is 6.92 Å². The number of anilines is 1. The highest BCUT2D eigenvalue weighted by atomic mass is 16.6. The molecule has 0 fully saturated rings. The van der Waals surface area contributed by atoms with E-state index in [-0.39, 0.29) is 13.2 Å². The fourth-order valence-corrected chi connectivity index (χ4v) is 2.65. The van der Waals surface area contributed by atoms with Crippen molar-refractivity contribution in [3.63, 3.8) is 0 Å². The molecule has 1 amide bonds. The Bertz CT molecular complexity index is 947. The third-order valence-corrected chi connectivity index (χ3v) is 3.92. The summed E-state index contributed by atoms with van der Waals surface area (Å²) in [5, 5.41) is 4.70. The van der Waals surface area contributed by atoms with Crippen molar-refractivity contribution >= 4 is 28.3 Å². The zero-order valence-corrected chi connectivity index (χ0v) is 15.5. The maximum Gasteiger partial charge on any atom is 0.344 e. The molecule has 3 aromatic rings. The highest BCUT2D eigenvalue weighted by molar-refractivity contribution is 6.02. The van der Waals surface area contributed by atoms with Crippen molar-refractivity contribution in [2.45, 2.75) is 6.92 Å². The largest absolute Gasteiger partial charge is 0.494 e. The molecule has 0 saturated heterocycles. The van der Waals surface area contributed by atoms with Gasteiger partial charge in [0.25, 0.3) is 5.91 Å². The second-order valence-electron chi connectivity index (χ2n) is 5.93. The lowest BCUT2D eigenvalue weighted by atomic mass is 10.1. The van der Waals surface area contributed by atoms with E-state index in [1.165, 1.54) is 0 Å². The zero-order chi connectivity index (χ0) is 19.8. The molecule has 0 spiro atoms. The molecule has 1 N–H and O–H groups in total. The van der Waals surface area contributed by atoms with Crippen LogP contribution in [0.25, 0.3) is 10.8 Å². The second kappa shape index (κ2) is 9.41. The van der Waals surface area contributed by atoms with Gasteiger partial charge in [0.15, 0.2) is 13.2 Å². The molecule has 0 bridgehead atoms. The van der Waals surface area contributed by atoms with Crippen molar-refractivity contribution in [3.8, 4) is 11.5 Å². The topological polar surface area (TPSA) is 73.9 Å². The van der Waals surface area contributed by atoms with E-state index in [0.29, 0.717) is 18.0 Å². The first kappa shape index (κ1) is 19.2. The lowest BCUT2D eigenvalue weighted by Crippen LogP contribution is -2.23. The summed E-state index contributed by atoms with van der Waals surface area (Å²) in [6.45, 7) is 1.81. The van der Waals surface area contributed by atoms with E-state index in [4.69, 9.17) is 14.2 Å². The Morgan fingerprint density at radius 2 is 1.50 bits per heavy atom. The summed E-state index contributed by atoms with van der Waals surface area (Å²) in [7, 11) is 0. The monoisotopic (exact) mass is 379 g/mol. The summed E-state index contributed by atoms with van der Waals surface area (Å²) >= 11 is 0. The van der Waals surface area contributed by atoms with Crippen LogP contribution in [-0.2, 0) is 14.3 Å². The molecule has 3 rings (SSSR count). The first-order chi connectivity index (χ1) is 13.7. The van der Waals surface area contributed by atoms with Gasteiger partial charge in [0, 0.05) is 11.1 Å². The van der Waals surface area contributed by atoms with Gasteiger partial charge in [0.2, 0.25) is 0 Å². The minimum Gasteiger partial charge on any atom is -0.494 e. The van der Waals surface area contributed by atoms with Crippen molar-refractivity contribution in [2.24, 2.45) is 0 Å². The first-order valence-electron chi connectivity index (χ1n) is 8.94. The predicted octanol–water partition coefficient (Wildman–Crippen LogP) is 3.80. The quantitative estimate of drug-likeness (QED) is 0.603. The van der Waals surface area contributed by atoms with E-state index in [0.717, 1.165) is 16.5 Å². The average Bonchev–Trinajstić information content (AvgIpc) is 2.72. The van der Waals surface area contributed by atoms with Gasteiger partial charge in [-0.3, -0.25) is 4.79 Å². The van der Waals surface area contributed by atoms with Crippen LogP contribution in [-0.4, -0.2) is 31.7 Å².